The third-order valence-corrected chi connectivity index (χ3v) is 5.58. The number of aromatic nitrogens is 1. The lowest BCUT2D eigenvalue weighted by atomic mass is 9.84. The van der Waals surface area contributed by atoms with E-state index in [0.29, 0.717) is 5.56 Å². The van der Waals surface area contributed by atoms with Gasteiger partial charge in [-0.15, -0.1) is 0 Å². The Kier molecular flexibility index (Phi) is 3.30. The fourth-order valence-electron chi connectivity index (χ4n) is 4.34. The van der Waals surface area contributed by atoms with Crippen molar-refractivity contribution in [3.05, 3.63) is 71.4 Å². The third-order valence-electron chi connectivity index (χ3n) is 5.58. The molecule has 2 aliphatic rings. The molecule has 0 unspecified atom stereocenters. The first-order valence-electron chi connectivity index (χ1n) is 8.87. The fraction of sp³-hybridized carbons (Fsp3) is 0.286. The summed E-state index contributed by atoms with van der Waals surface area (Å²) in [6.07, 6.45) is 3.16. The number of carbonyl (C=O) groups excluding carboxylic acids is 1. The number of Topliss-reactive ketones (excluding diaryl/α,β-unsaturated/α-hetero) is 1. The Morgan fingerprint density at radius 2 is 1.88 bits per heavy atom. The first-order chi connectivity index (χ1) is 12.3. The van der Waals surface area contributed by atoms with Crippen LogP contribution < -0.4 is 5.32 Å². The van der Waals surface area contributed by atoms with E-state index in [1.165, 1.54) is 5.56 Å². The Morgan fingerprint density at radius 1 is 1.04 bits per heavy atom. The summed E-state index contributed by atoms with van der Waals surface area (Å²) in [5.41, 5.74) is 3.48. The lowest BCUT2D eigenvalue weighted by Crippen LogP contribution is -2.40. The number of ketones is 1. The second kappa shape index (κ2) is 5.55. The number of piperidine rings is 1. The standard InChI is InChI=1S/C21H20N2O2/c24-19(16-6-3-4-14-8-11-23-18(14)16)20-15-5-1-2-7-17(15)21(25-20)9-12-22-13-10-21/h1-8,11,20,22-23H,9-10,12-13H2/t20-/m1/s1. The second-order valence-electron chi connectivity index (χ2n) is 6.94. The van der Waals surface area contributed by atoms with Gasteiger partial charge in [-0.1, -0.05) is 36.4 Å². The van der Waals surface area contributed by atoms with Crippen molar-refractivity contribution >= 4 is 16.7 Å². The minimum atomic E-state index is -0.525. The largest absolute Gasteiger partial charge is 0.361 e. The van der Waals surface area contributed by atoms with E-state index in [2.05, 4.69) is 16.4 Å². The molecule has 1 atom stereocenters. The Labute approximate surface area is 146 Å². The number of para-hydroxylation sites is 1. The summed E-state index contributed by atoms with van der Waals surface area (Å²) in [6, 6.07) is 16.0. The maximum Gasteiger partial charge on any atom is 0.198 e. The summed E-state index contributed by atoms with van der Waals surface area (Å²) >= 11 is 0. The van der Waals surface area contributed by atoms with Crippen LogP contribution in [0.1, 0.15) is 40.4 Å². The van der Waals surface area contributed by atoms with Crippen LogP contribution in [0.2, 0.25) is 0 Å². The Hall–Kier alpha value is -2.43. The van der Waals surface area contributed by atoms with Crippen LogP contribution in [0.4, 0.5) is 0 Å². The van der Waals surface area contributed by atoms with Crippen molar-refractivity contribution in [1.82, 2.24) is 10.3 Å². The molecule has 2 aliphatic heterocycles. The maximum atomic E-state index is 13.4. The predicted octanol–water partition coefficient (Wildman–Crippen LogP) is 3.70. The minimum Gasteiger partial charge on any atom is -0.361 e. The smallest absolute Gasteiger partial charge is 0.198 e. The Bertz CT molecular complexity index is 953. The second-order valence-corrected chi connectivity index (χ2v) is 6.94. The molecule has 0 aliphatic carbocycles. The Morgan fingerprint density at radius 3 is 2.76 bits per heavy atom. The maximum absolute atomic E-state index is 13.4. The summed E-state index contributed by atoms with van der Waals surface area (Å²) < 4.78 is 6.50. The van der Waals surface area contributed by atoms with Gasteiger partial charge in [-0.3, -0.25) is 4.79 Å². The van der Waals surface area contributed by atoms with Crippen molar-refractivity contribution in [3.63, 3.8) is 0 Å². The molecule has 4 heteroatoms. The van der Waals surface area contributed by atoms with Gasteiger partial charge >= 0.3 is 0 Å². The van der Waals surface area contributed by atoms with Gasteiger partial charge in [-0.05, 0) is 49.2 Å². The molecule has 2 N–H and O–H groups in total. The van der Waals surface area contributed by atoms with Crippen LogP contribution in [-0.2, 0) is 10.3 Å². The van der Waals surface area contributed by atoms with Gasteiger partial charge in [0, 0.05) is 17.1 Å². The van der Waals surface area contributed by atoms with Crippen LogP contribution in [0.5, 0.6) is 0 Å². The third kappa shape index (κ3) is 2.18. The van der Waals surface area contributed by atoms with Crippen LogP contribution in [0.15, 0.2) is 54.7 Å². The number of H-pyrrole nitrogens is 1. The van der Waals surface area contributed by atoms with Crippen LogP contribution in [0, 0.1) is 0 Å². The van der Waals surface area contributed by atoms with E-state index >= 15 is 0 Å². The molecular weight excluding hydrogens is 312 g/mol. The average Bonchev–Trinajstić information content (AvgIpc) is 3.26. The molecule has 0 saturated carbocycles. The van der Waals surface area contributed by atoms with Crippen molar-refractivity contribution < 1.29 is 9.53 Å². The molecule has 3 aromatic rings. The van der Waals surface area contributed by atoms with Crippen molar-refractivity contribution in [2.24, 2.45) is 0 Å². The highest BCUT2D eigenvalue weighted by molar-refractivity contribution is 6.09. The van der Waals surface area contributed by atoms with Gasteiger partial charge in [0.15, 0.2) is 5.78 Å². The fourth-order valence-corrected chi connectivity index (χ4v) is 4.34. The molecule has 126 valence electrons. The first-order valence-corrected chi connectivity index (χ1v) is 8.87. The lowest BCUT2D eigenvalue weighted by molar-refractivity contribution is -0.0805. The highest BCUT2D eigenvalue weighted by atomic mass is 16.5. The highest BCUT2D eigenvalue weighted by Gasteiger charge is 2.47. The first kappa shape index (κ1) is 14.9. The predicted molar refractivity (Wildman–Crippen MR) is 96.7 cm³/mol. The summed E-state index contributed by atoms with van der Waals surface area (Å²) in [5.74, 6) is 0.0379. The zero-order chi connectivity index (χ0) is 16.9. The highest BCUT2D eigenvalue weighted by Crippen LogP contribution is 2.49. The molecule has 0 radical (unpaired) electrons. The number of carbonyl (C=O) groups is 1. The van der Waals surface area contributed by atoms with Crippen LogP contribution in [0.3, 0.4) is 0 Å². The van der Waals surface area contributed by atoms with Crippen molar-refractivity contribution in [3.8, 4) is 0 Å². The molecule has 0 amide bonds. The molecule has 4 nitrogen and oxygen atoms in total. The SMILES string of the molecule is O=C(c1cccc2cc[nH]c12)[C@@H]1OC2(CCNCC2)c2ccccc21. The van der Waals surface area contributed by atoms with Crippen LogP contribution in [-0.4, -0.2) is 23.9 Å². The number of hydrogen-bond acceptors (Lipinski definition) is 3. The topological polar surface area (TPSA) is 54.1 Å². The van der Waals surface area contributed by atoms with Crippen LogP contribution in [0.25, 0.3) is 10.9 Å². The van der Waals surface area contributed by atoms with Gasteiger partial charge in [0.05, 0.1) is 11.1 Å². The quantitative estimate of drug-likeness (QED) is 0.704. The van der Waals surface area contributed by atoms with Gasteiger partial charge in [0.1, 0.15) is 6.10 Å². The van der Waals surface area contributed by atoms with E-state index in [-0.39, 0.29) is 11.4 Å². The van der Waals surface area contributed by atoms with E-state index in [0.717, 1.165) is 42.4 Å². The number of benzene rings is 2. The molecule has 5 rings (SSSR count). The molecular formula is C21H20N2O2. The molecule has 3 heterocycles. The monoisotopic (exact) mass is 332 g/mol. The normalized spacial score (nSPS) is 21.5. The molecule has 0 bridgehead atoms. The molecule has 1 saturated heterocycles. The van der Waals surface area contributed by atoms with Gasteiger partial charge in [0.25, 0.3) is 0 Å². The number of aromatic amines is 1. The number of nitrogens with one attached hydrogen (secondary N) is 2. The van der Waals surface area contributed by atoms with Crippen molar-refractivity contribution in [1.29, 1.82) is 0 Å². The van der Waals surface area contributed by atoms with E-state index in [4.69, 9.17) is 4.74 Å². The van der Waals surface area contributed by atoms with Crippen molar-refractivity contribution in [2.45, 2.75) is 24.5 Å². The van der Waals surface area contributed by atoms with E-state index in [1.54, 1.807) is 0 Å². The molecule has 1 fully saturated rings. The number of ether oxygens (including phenoxy) is 1. The summed E-state index contributed by atoms with van der Waals surface area (Å²) in [6.45, 7) is 1.84. The van der Waals surface area contributed by atoms with Gasteiger partial charge in [-0.25, -0.2) is 0 Å². The lowest BCUT2D eigenvalue weighted by Gasteiger charge is -2.34. The van der Waals surface area contributed by atoms with Crippen LogP contribution >= 0.6 is 0 Å². The van der Waals surface area contributed by atoms with E-state index in [9.17, 15) is 4.79 Å². The number of fused-ring (bicyclic) bond motifs is 3. The molecule has 2 aromatic carbocycles. The average molecular weight is 332 g/mol. The summed E-state index contributed by atoms with van der Waals surface area (Å²) in [7, 11) is 0. The number of rotatable bonds is 2. The zero-order valence-corrected chi connectivity index (χ0v) is 13.9. The minimum absolute atomic E-state index is 0.0379. The van der Waals surface area contributed by atoms with E-state index < -0.39 is 6.10 Å². The molecule has 25 heavy (non-hydrogen) atoms. The van der Waals surface area contributed by atoms with Gasteiger partial charge in [0.2, 0.25) is 0 Å². The van der Waals surface area contributed by atoms with Gasteiger partial charge < -0.3 is 15.0 Å². The number of hydrogen-bond donors (Lipinski definition) is 2. The van der Waals surface area contributed by atoms with E-state index in [1.807, 2.05) is 48.7 Å². The molecule has 1 spiro atoms. The zero-order valence-electron chi connectivity index (χ0n) is 13.9. The molecule has 1 aromatic heterocycles. The Balaban J connectivity index is 1.60. The van der Waals surface area contributed by atoms with Gasteiger partial charge in [-0.2, -0.15) is 0 Å². The summed E-state index contributed by atoms with van der Waals surface area (Å²) in [5, 5.41) is 4.44. The van der Waals surface area contributed by atoms with Crippen molar-refractivity contribution in [2.75, 3.05) is 13.1 Å². The summed E-state index contributed by atoms with van der Waals surface area (Å²) in [4.78, 5) is 16.6.